The minimum absolute atomic E-state index is 0.215. The van der Waals surface area contributed by atoms with Crippen molar-refractivity contribution in [3.63, 3.8) is 0 Å². The molecular weight excluding hydrogens is 278 g/mol. The number of carbonyl (C=O) groups is 1. The summed E-state index contributed by atoms with van der Waals surface area (Å²) in [7, 11) is 1.38. The number of hydrogen-bond donors (Lipinski definition) is 1. The summed E-state index contributed by atoms with van der Waals surface area (Å²) in [5, 5.41) is 0. The molecule has 0 aliphatic heterocycles. The average Bonchev–Trinajstić information content (AvgIpc) is 2.53. The third-order valence-corrected chi connectivity index (χ3v) is 3.67. The molecule has 2 aromatic carbocycles. The fourth-order valence-corrected chi connectivity index (χ4v) is 2.32. The molecule has 0 aromatic heterocycles. The smallest absolute Gasteiger partial charge is 0.309 e. The van der Waals surface area contributed by atoms with Gasteiger partial charge in [0.1, 0.15) is 12.4 Å². The van der Waals surface area contributed by atoms with Crippen molar-refractivity contribution in [2.45, 2.75) is 26.9 Å². The summed E-state index contributed by atoms with van der Waals surface area (Å²) < 4.78 is 10.6. The Kier molecular flexibility index (Phi) is 5.04. The van der Waals surface area contributed by atoms with E-state index in [1.807, 2.05) is 50.2 Å². The zero-order valence-corrected chi connectivity index (χ0v) is 13.2. The fourth-order valence-electron chi connectivity index (χ4n) is 2.32. The molecule has 0 fully saturated rings. The van der Waals surface area contributed by atoms with Gasteiger partial charge in [0, 0.05) is 0 Å². The SMILES string of the molecule is COC(=O)Cc1cc(C)c(OCc2ccccc2)c(N)c1C. The van der Waals surface area contributed by atoms with E-state index in [2.05, 4.69) is 0 Å². The van der Waals surface area contributed by atoms with Crippen LogP contribution in [0, 0.1) is 13.8 Å². The van der Waals surface area contributed by atoms with Crippen LogP contribution >= 0.6 is 0 Å². The first-order valence-corrected chi connectivity index (χ1v) is 7.15. The Morgan fingerprint density at radius 2 is 1.86 bits per heavy atom. The molecule has 4 nitrogen and oxygen atoms in total. The molecular formula is C18H21NO3. The predicted molar refractivity (Wildman–Crippen MR) is 86.8 cm³/mol. The van der Waals surface area contributed by atoms with E-state index in [1.54, 1.807) is 0 Å². The van der Waals surface area contributed by atoms with Crippen LogP contribution in [0.5, 0.6) is 5.75 Å². The van der Waals surface area contributed by atoms with Crippen LogP contribution in [0.2, 0.25) is 0 Å². The summed E-state index contributed by atoms with van der Waals surface area (Å²) in [5.41, 5.74) is 10.5. The lowest BCUT2D eigenvalue weighted by molar-refractivity contribution is -0.139. The maximum atomic E-state index is 11.5. The van der Waals surface area contributed by atoms with Crippen LogP contribution < -0.4 is 10.5 Å². The highest BCUT2D eigenvalue weighted by atomic mass is 16.5. The molecule has 0 saturated carbocycles. The van der Waals surface area contributed by atoms with Crippen LogP contribution in [0.15, 0.2) is 36.4 Å². The standard InChI is InChI=1S/C18H21NO3/c1-12-9-15(10-16(20)21-3)13(2)17(19)18(12)22-11-14-7-5-4-6-8-14/h4-9H,10-11,19H2,1-3H3. The number of nitrogens with two attached hydrogens (primary N) is 1. The quantitative estimate of drug-likeness (QED) is 0.680. The molecule has 0 bridgehead atoms. The van der Waals surface area contributed by atoms with Crippen LogP contribution in [0.25, 0.3) is 0 Å². The van der Waals surface area contributed by atoms with Crippen molar-refractivity contribution in [1.82, 2.24) is 0 Å². The van der Waals surface area contributed by atoms with Crippen molar-refractivity contribution >= 4 is 11.7 Å². The first-order valence-electron chi connectivity index (χ1n) is 7.15. The summed E-state index contributed by atoms with van der Waals surface area (Å²) in [6, 6.07) is 11.9. The molecule has 0 aliphatic rings. The van der Waals surface area contributed by atoms with E-state index in [1.165, 1.54) is 7.11 Å². The van der Waals surface area contributed by atoms with Crippen molar-refractivity contribution in [1.29, 1.82) is 0 Å². The number of hydrogen-bond acceptors (Lipinski definition) is 4. The number of benzene rings is 2. The number of carbonyl (C=O) groups excluding carboxylic acids is 1. The van der Waals surface area contributed by atoms with Crippen molar-refractivity contribution < 1.29 is 14.3 Å². The van der Waals surface area contributed by atoms with Crippen LogP contribution in [-0.2, 0) is 22.6 Å². The first kappa shape index (κ1) is 15.9. The molecule has 0 heterocycles. The van der Waals surface area contributed by atoms with Gasteiger partial charge in [-0.1, -0.05) is 36.4 Å². The summed E-state index contributed by atoms with van der Waals surface area (Å²) in [4.78, 5) is 11.5. The highest BCUT2D eigenvalue weighted by molar-refractivity contribution is 5.75. The van der Waals surface area contributed by atoms with Crippen LogP contribution in [0.3, 0.4) is 0 Å². The maximum Gasteiger partial charge on any atom is 0.309 e. The molecule has 0 radical (unpaired) electrons. The molecule has 2 N–H and O–H groups in total. The Bertz CT molecular complexity index is 666. The van der Waals surface area contributed by atoms with Crippen molar-refractivity contribution in [2.75, 3.05) is 12.8 Å². The minimum Gasteiger partial charge on any atom is -0.486 e. The van der Waals surface area contributed by atoms with Gasteiger partial charge in [-0.2, -0.15) is 0 Å². The zero-order chi connectivity index (χ0) is 16.1. The van der Waals surface area contributed by atoms with E-state index >= 15 is 0 Å². The van der Waals surface area contributed by atoms with E-state index in [-0.39, 0.29) is 12.4 Å². The van der Waals surface area contributed by atoms with Gasteiger partial charge in [-0.15, -0.1) is 0 Å². The topological polar surface area (TPSA) is 61.5 Å². The highest BCUT2D eigenvalue weighted by Crippen LogP contribution is 2.33. The fraction of sp³-hybridized carbons (Fsp3) is 0.278. The Morgan fingerprint density at radius 3 is 2.50 bits per heavy atom. The number of ether oxygens (including phenoxy) is 2. The molecule has 0 atom stereocenters. The molecule has 0 aliphatic carbocycles. The Hall–Kier alpha value is -2.49. The van der Waals surface area contributed by atoms with Gasteiger partial charge < -0.3 is 15.2 Å². The summed E-state index contributed by atoms with van der Waals surface area (Å²) >= 11 is 0. The van der Waals surface area contributed by atoms with Gasteiger partial charge in [0.25, 0.3) is 0 Å². The van der Waals surface area contributed by atoms with Gasteiger partial charge in [-0.05, 0) is 36.1 Å². The first-order chi connectivity index (χ1) is 10.5. The second kappa shape index (κ2) is 6.98. The molecule has 2 aromatic rings. The third-order valence-electron chi connectivity index (χ3n) is 3.67. The Morgan fingerprint density at radius 1 is 1.18 bits per heavy atom. The van der Waals surface area contributed by atoms with Crippen LogP contribution in [0.4, 0.5) is 5.69 Å². The van der Waals surface area contributed by atoms with E-state index in [4.69, 9.17) is 15.2 Å². The summed E-state index contributed by atoms with van der Waals surface area (Å²) in [6.45, 7) is 4.28. The monoisotopic (exact) mass is 299 g/mol. The maximum absolute atomic E-state index is 11.5. The summed E-state index contributed by atoms with van der Waals surface area (Å²) in [5.74, 6) is 0.398. The van der Waals surface area contributed by atoms with Gasteiger partial charge in [-0.3, -0.25) is 4.79 Å². The van der Waals surface area contributed by atoms with E-state index in [9.17, 15) is 4.79 Å². The minimum atomic E-state index is -0.278. The molecule has 0 unspecified atom stereocenters. The predicted octanol–water partition coefficient (Wildman–Crippen LogP) is 3.18. The van der Waals surface area contributed by atoms with Crippen molar-refractivity contribution in [3.8, 4) is 5.75 Å². The highest BCUT2D eigenvalue weighted by Gasteiger charge is 2.15. The summed E-state index contributed by atoms with van der Waals surface area (Å²) in [6.07, 6.45) is 0.215. The van der Waals surface area contributed by atoms with E-state index in [0.29, 0.717) is 18.0 Å². The Balaban J connectivity index is 2.22. The average molecular weight is 299 g/mol. The number of anilines is 1. The van der Waals surface area contributed by atoms with E-state index in [0.717, 1.165) is 22.3 Å². The van der Waals surface area contributed by atoms with Crippen molar-refractivity contribution in [2.24, 2.45) is 0 Å². The largest absolute Gasteiger partial charge is 0.486 e. The Labute approximate surface area is 130 Å². The lowest BCUT2D eigenvalue weighted by Gasteiger charge is -2.17. The number of methoxy groups -OCH3 is 1. The van der Waals surface area contributed by atoms with Gasteiger partial charge >= 0.3 is 5.97 Å². The molecule has 0 spiro atoms. The molecule has 0 saturated heterocycles. The molecule has 4 heteroatoms. The normalized spacial score (nSPS) is 10.3. The van der Waals surface area contributed by atoms with Crippen LogP contribution in [-0.4, -0.2) is 13.1 Å². The van der Waals surface area contributed by atoms with E-state index < -0.39 is 0 Å². The zero-order valence-electron chi connectivity index (χ0n) is 13.2. The molecule has 2 rings (SSSR count). The molecule has 116 valence electrons. The number of rotatable bonds is 5. The van der Waals surface area contributed by atoms with Crippen LogP contribution in [0.1, 0.15) is 22.3 Å². The third kappa shape index (κ3) is 3.58. The second-order valence-electron chi connectivity index (χ2n) is 5.25. The van der Waals surface area contributed by atoms with Gasteiger partial charge in [-0.25, -0.2) is 0 Å². The number of nitrogen functional groups attached to an aromatic ring is 1. The lowest BCUT2D eigenvalue weighted by atomic mass is 9.99. The van der Waals surface area contributed by atoms with Crippen molar-refractivity contribution in [3.05, 3.63) is 58.7 Å². The van der Waals surface area contributed by atoms with Gasteiger partial charge in [0.2, 0.25) is 0 Å². The number of aryl methyl sites for hydroxylation is 1. The second-order valence-corrected chi connectivity index (χ2v) is 5.25. The van der Waals surface area contributed by atoms with Gasteiger partial charge in [0.05, 0.1) is 19.2 Å². The molecule has 22 heavy (non-hydrogen) atoms. The lowest BCUT2D eigenvalue weighted by Crippen LogP contribution is -2.09. The van der Waals surface area contributed by atoms with Gasteiger partial charge in [0.15, 0.2) is 0 Å². The molecule has 0 amide bonds. The number of esters is 1.